The Balaban J connectivity index is 2.10. The van der Waals surface area contributed by atoms with Crippen LogP contribution in [0.15, 0.2) is 0 Å². The van der Waals surface area contributed by atoms with Crippen molar-refractivity contribution in [2.24, 2.45) is 11.8 Å². The number of nitrogens with one attached hydrogen (secondary N) is 1. The third-order valence-electron chi connectivity index (χ3n) is 3.27. The first-order chi connectivity index (χ1) is 7.61. The molecule has 96 valence electrons. The second-order valence-corrected chi connectivity index (χ2v) is 5.51. The van der Waals surface area contributed by atoms with Crippen LogP contribution in [0.5, 0.6) is 0 Å². The van der Waals surface area contributed by atoms with Gasteiger partial charge in [0.2, 0.25) is 0 Å². The number of methoxy groups -OCH3 is 1. The van der Waals surface area contributed by atoms with E-state index in [1.807, 2.05) is 0 Å². The largest absolute Gasteiger partial charge is 0.380 e. The van der Waals surface area contributed by atoms with Crippen LogP contribution < -0.4 is 5.32 Å². The third kappa shape index (κ3) is 5.28. The van der Waals surface area contributed by atoms with E-state index < -0.39 is 0 Å². The van der Waals surface area contributed by atoms with Gasteiger partial charge >= 0.3 is 0 Å². The van der Waals surface area contributed by atoms with Gasteiger partial charge in [-0.2, -0.15) is 0 Å². The molecule has 0 spiro atoms. The molecule has 0 saturated carbocycles. The lowest BCUT2D eigenvalue weighted by Gasteiger charge is -2.20. The summed E-state index contributed by atoms with van der Waals surface area (Å²) >= 11 is 0. The maximum Gasteiger partial charge on any atom is 0.0670 e. The minimum Gasteiger partial charge on any atom is -0.380 e. The van der Waals surface area contributed by atoms with Crippen LogP contribution in [0.4, 0.5) is 0 Å². The van der Waals surface area contributed by atoms with Gasteiger partial charge in [-0.05, 0) is 44.8 Å². The Morgan fingerprint density at radius 3 is 2.75 bits per heavy atom. The lowest BCUT2D eigenvalue weighted by Crippen LogP contribution is -2.32. The van der Waals surface area contributed by atoms with Gasteiger partial charge in [0, 0.05) is 20.2 Å². The summed E-state index contributed by atoms with van der Waals surface area (Å²) in [6.45, 7) is 12.5. The molecular formula is C13H28N2O. The Hall–Kier alpha value is -0.120. The first-order valence-corrected chi connectivity index (χ1v) is 6.57. The highest BCUT2D eigenvalue weighted by atomic mass is 16.5. The van der Waals surface area contributed by atoms with Crippen molar-refractivity contribution in [3.05, 3.63) is 0 Å². The summed E-state index contributed by atoms with van der Waals surface area (Å²) in [5, 5.41) is 3.56. The van der Waals surface area contributed by atoms with Crippen LogP contribution in [-0.2, 0) is 4.74 Å². The van der Waals surface area contributed by atoms with Gasteiger partial charge in [0.25, 0.3) is 0 Å². The Bertz CT molecular complexity index is 185. The van der Waals surface area contributed by atoms with Crippen LogP contribution in [-0.4, -0.2) is 50.8 Å². The second-order valence-electron chi connectivity index (χ2n) is 5.51. The number of ether oxygens (including phenoxy) is 1. The SMILES string of the molecule is COC(C)CN1CCC(CNCC(C)C)C1. The molecule has 0 aromatic carbocycles. The van der Waals surface area contributed by atoms with E-state index in [0.29, 0.717) is 6.10 Å². The molecule has 1 heterocycles. The first-order valence-electron chi connectivity index (χ1n) is 6.57. The predicted octanol–water partition coefficient (Wildman–Crippen LogP) is 1.59. The van der Waals surface area contributed by atoms with E-state index in [1.165, 1.54) is 26.1 Å². The van der Waals surface area contributed by atoms with Crippen LogP contribution >= 0.6 is 0 Å². The zero-order valence-electron chi connectivity index (χ0n) is 11.3. The van der Waals surface area contributed by atoms with Crippen LogP contribution in [0.25, 0.3) is 0 Å². The van der Waals surface area contributed by atoms with Crippen molar-refractivity contribution in [1.29, 1.82) is 0 Å². The van der Waals surface area contributed by atoms with Crippen molar-refractivity contribution >= 4 is 0 Å². The number of rotatable bonds is 7. The van der Waals surface area contributed by atoms with E-state index >= 15 is 0 Å². The summed E-state index contributed by atoms with van der Waals surface area (Å²) in [5.74, 6) is 1.59. The van der Waals surface area contributed by atoms with Gasteiger partial charge in [0.05, 0.1) is 6.10 Å². The highest BCUT2D eigenvalue weighted by molar-refractivity contribution is 4.78. The Morgan fingerprint density at radius 2 is 2.12 bits per heavy atom. The minimum absolute atomic E-state index is 0.363. The Kier molecular flexibility index (Phi) is 6.32. The van der Waals surface area contributed by atoms with Gasteiger partial charge in [-0.25, -0.2) is 0 Å². The number of hydrogen-bond acceptors (Lipinski definition) is 3. The molecule has 0 aromatic heterocycles. The van der Waals surface area contributed by atoms with Crippen molar-refractivity contribution in [2.45, 2.75) is 33.3 Å². The molecule has 3 heteroatoms. The van der Waals surface area contributed by atoms with Gasteiger partial charge < -0.3 is 15.0 Å². The topological polar surface area (TPSA) is 24.5 Å². The fourth-order valence-electron chi connectivity index (χ4n) is 2.26. The van der Waals surface area contributed by atoms with Gasteiger partial charge in [0.1, 0.15) is 0 Å². The molecule has 0 aliphatic carbocycles. The fraction of sp³-hybridized carbons (Fsp3) is 1.00. The monoisotopic (exact) mass is 228 g/mol. The average molecular weight is 228 g/mol. The molecule has 1 aliphatic rings. The molecule has 3 nitrogen and oxygen atoms in total. The zero-order valence-corrected chi connectivity index (χ0v) is 11.3. The Labute approximate surface area is 101 Å². The number of likely N-dealkylation sites (tertiary alicyclic amines) is 1. The van der Waals surface area contributed by atoms with Crippen LogP contribution in [0.2, 0.25) is 0 Å². The minimum atomic E-state index is 0.363. The van der Waals surface area contributed by atoms with E-state index in [1.54, 1.807) is 7.11 Å². The average Bonchev–Trinajstić information content (AvgIpc) is 2.65. The summed E-state index contributed by atoms with van der Waals surface area (Å²) in [6, 6.07) is 0. The molecule has 1 rings (SSSR count). The first kappa shape index (κ1) is 13.9. The second kappa shape index (κ2) is 7.25. The highest BCUT2D eigenvalue weighted by Crippen LogP contribution is 2.15. The Morgan fingerprint density at radius 1 is 1.38 bits per heavy atom. The standard InChI is InChI=1S/C13H28N2O/c1-11(2)7-14-8-13-5-6-15(10-13)9-12(3)16-4/h11-14H,5-10H2,1-4H3. The van der Waals surface area contributed by atoms with Gasteiger partial charge in [-0.3, -0.25) is 0 Å². The molecule has 0 radical (unpaired) electrons. The summed E-state index contributed by atoms with van der Waals surface area (Å²) < 4.78 is 5.30. The molecule has 1 aliphatic heterocycles. The maximum absolute atomic E-state index is 5.30. The molecule has 2 atom stereocenters. The number of nitrogens with zero attached hydrogens (tertiary/aromatic N) is 1. The normalized spacial score (nSPS) is 24.2. The van der Waals surface area contributed by atoms with E-state index in [0.717, 1.165) is 24.9 Å². The zero-order chi connectivity index (χ0) is 12.0. The smallest absolute Gasteiger partial charge is 0.0670 e. The third-order valence-corrected chi connectivity index (χ3v) is 3.27. The van der Waals surface area contributed by atoms with E-state index in [9.17, 15) is 0 Å². The summed E-state index contributed by atoms with van der Waals surface area (Å²) in [5.41, 5.74) is 0. The van der Waals surface area contributed by atoms with E-state index in [4.69, 9.17) is 4.74 Å². The molecule has 2 unspecified atom stereocenters. The number of hydrogen-bond donors (Lipinski definition) is 1. The van der Waals surface area contributed by atoms with E-state index in [-0.39, 0.29) is 0 Å². The predicted molar refractivity (Wildman–Crippen MR) is 68.7 cm³/mol. The molecular weight excluding hydrogens is 200 g/mol. The molecule has 1 fully saturated rings. The van der Waals surface area contributed by atoms with Gasteiger partial charge in [-0.1, -0.05) is 13.8 Å². The molecule has 0 bridgehead atoms. The van der Waals surface area contributed by atoms with Gasteiger partial charge in [-0.15, -0.1) is 0 Å². The summed E-state index contributed by atoms with van der Waals surface area (Å²) in [4.78, 5) is 2.52. The van der Waals surface area contributed by atoms with E-state index in [2.05, 4.69) is 31.0 Å². The van der Waals surface area contributed by atoms with Crippen molar-refractivity contribution in [1.82, 2.24) is 10.2 Å². The lowest BCUT2D eigenvalue weighted by molar-refractivity contribution is 0.0839. The highest BCUT2D eigenvalue weighted by Gasteiger charge is 2.22. The maximum atomic E-state index is 5.30. The van der Waals surface area contributed by atoms with Crippen molar-refractivity contribution in [3.63, 3.8) is 0 Å². The molecule has 0 aromatic rings. The van der Waals surface area contributed by atoms with Crippen LogP contribution in [0.3, 0.4) is 0 Å². The molecule has 16 heavy (non-hydrogen) atoms. The van der Waals surface area contributed by atoms with Gasteiger partial charge in [0.15, 0.2) is 0 Å². The lowest BCUT2D eigenvalue weighted by atomic mass is 10.1. The summed E-state index contributed by atoms with van der Waals surface area (Å²) in [7, 11) is 1.79. The van der Waals surface area contributed by atoms with Crippen LogP contribution in [0.1, 0.15) is 27.2 Å². The molecule has 1 N–H and O–H groups in total. The quantitative estimate of drug-likeness (QED) is 0.716. The van der Waals surface area contributed by atoms with Crippen molar-refractivity contribution in [2.75, 3.05) is 39.8 Å². The van der Waals surface area contributed by atoms with Crippen molar-refractivity contribution in [3.8, 4) is 0 Å². The molecule has 0 amide bonds. The van der Waals surface area contributed by atoms with Crippen LogP contribution in [0, 0.1) is 11.8 Å². The summed E-state index contributed by atoms with van der Waals surface area (Å²) in [6.07, 6.45) is 1.70. The fourth-order valence-corrected chi connectivity index (χ4v) is 2.26. The van der Waals surface area contributed by atoms with Crippen molar-refractivity contribution < 1.29 is 4.74 Å². The molecule has 1 saturated heterocycles.